The fourth-order valence-corrected chi connectivity index (χ4v) is 1.99. The van der Waals surface area contributed by atoms with E-state index in [9.17, 15) is 4.79 Å². The number of aliphatic hydroxyl groups is 1. The molecule has 0 spiro atoms. The Labute approximate surface area is 122 Å². The molecule has 0 atom stereocenters. The van der Waals surface area contributed by atoms with Crippen molar-refractivity contribution >= 4 is 17.0 Å². The molecule has 0 aromatic rings. The van der Waals surface area contributed by atoms with E-state index >= 15 is 0 Å². The second-order valence-electron chi connectivity index (χ2n) is 5.11. The summed E-state index contributed by atoms with van der Waals surface area (Å²) in [7, 11) is 1.55. The highest BCUT2D eigenvalue weighted by molar-refractivity contribution is 8.13. The molecule has 0 heterocycles. The van der Waals surface area contributed by atoms with E-state index in [4.69, 9.17) is 5.11 Å². The first-order valence-corrected chi connectivity index (χ1v) is 7.88. The third-order valence-corrected chi connectivity index (χ3v) is 2.79. The summed E-state index contributed by atoms with van der Waals surface area (Å²) in [5.74, 6) is 1.97. The lowest BCUT2D eigenvalue weighted by atomic mass is 10.1. The Bertz CT molecular complexity index is 199. The monoisotopic (exact) mass is 293 g/mol. The minimum Gasteiger partial charge on any atom is -0.394 e. The Morgan fingerprint density at radius 1 is 1.21 bits per heavy atom. The van der Waals surface area contributed by atoms with E-state index in [1.165, 1.54) is 11.8 Å². The second kappa shape index (κ2) is 14.2. The molecule has 19 heavy (non-hydrogen) atoms. The summed E-state index contributed by atoms with van der Waals surface area (Å²) in [6, 6.07) is 0. The highest BCUT2D eigenvalue weighted by Crippen LogP contribution is 2.12. The molecule has 0 rings (SSSR count). The third-order valence-electron chi connectivity index (χ3n) is 1.99. The lowest BCUT2D eigenvalue weighted by Gasteiger charge is -2.25. The van der Waals surface area contributed by atoms with Gasteiger partial charge in [-0.1, -0.05) is 46.4 Å². The number of nitrogens with zero attached hydrogens (tertiary/aromatic N) is 1. The van der Waals surface area contributed by atoms with Crippen LogP contribution in [0.2, 0.25) is 0 Å². The Kier molecular flexibility index (Phi) is 15.7. The molecular weight excluding hydrogens is 262 g/mol. The van der Waals surface area contributed by atoms with Gasteiger partial charge in [-0.25, -0.2) is 0 Å². The maximum absolute atomic E-state index is 11.7. The Balaban J connectivity index is 0. The smallest absolute Gasteiger partial charge is 0.281 e. The second-order valence-corrected chi connectivity index (χ2v) is 6.32. The van der Waals surface area contributed by atoms with Gasteiger partial charge in [0.1, 0.15) is 0 Å². The van der Waals surface area contributed by atoms with Crippen molar-refractivity contribution in [1.82, 2.24) is 4.90 Å². The van der Waals surface area contributed by atoms with Gasteiger partial charge in [0.05, 0.1) is 13.2 Å². The molecule has 1 N–H and O–H groups in total. The van der Waals surface area contributed by atoms with Gasteiger partial charge in [-0.3, -0.25) is 4.79 Å². The van der Waals surface area contributed by atoms with Crippen LogP contribution in [0.3, 0.4) is 0 Å². The first kappa shape index (κ1) is 21.0. The van der Waals surface area contributed by atoms with Crippen LogP contribution in [-0.4, -0.2) is 54.4 Å². The molecular formula is C14H31NO3S. The Morgan fingerprint density at radius 3 is 1.89 bits per heavy atom. The minimum atomic E-state index is 0.122. The summed E-state index contributed by atoms with van der Waals surface area (Å²) >= 11 is 1.41. The predicted octanol–water partition coefficient (Wildman–Crippen LogP) is 3.10. The number of rotatable bonds is 7. The molecule has 0 saturated carbocycles. The maximum Gasteiger partial charge on any atom is 0.281 e. The van der Waals surface area contributed by atoms with Crippen LogP contribution in [0.5, 0.6) is 0 Å². The molecule has 0 aromatic carbocycles. The van der Waals surface area contributed by atoms with Crippen molar-refractivity contribution in [2.24, 2.45) is 11.8 Å². The Morgan fingerprint density at radius 2 is 1.68 bits per heavy atom. The van der Waals surface area contributed by atoms with Crippen molar-refractivity contribution in [1.29, 1.82) is 0 Å². The van der Waals surface area contributed by atoms with Crippen molar-refractivity contribution in [3.63, 3.8) is 0 Å². The van der Waals surface area contributed by atoms with Crippen LogP contribution in [-0.2, 0) is 4.74 Å². The van der Waals surface area contributed by atoms with Crippen LogP contribution in [0, 0.1) is 11.8 Å². The van der Waals surface area contributed by atoms with E-state index in [1.54, 1.807) is 7.11 Å². The van der Waals surface area contributed by atoms with Gasteiger partial charge in [-0.2, -0.15) is 0 Å². The zero-order valence-corrected chi connectivity index (χ0v) is 14.1. The topological polar surface area (TPSA) is 49.8 Å². The van der Waals surface area contributed by atoms with Crippen LogP contribution in [0.25, 0.3) is 0 Å². The van der Waals surface area contributed by atoms with Gasteiger partial charge in [0.15, 0.2) is 0 Å². The number of hydrogen-bond acceptors (Lipinski definition) is 4. The SMILES string of the molecule is CCSC(=O)N(CC(C)C)CC(C)C.COCCO. The number of carbonyl (C=O) groups is 1. The van der Waals surface area contributed by atoms with E-state index < -0.39 is 0 Å². The van der Waals surface area contributed by atoms with Gasteiger partial charge >= 0.3 is 0 Å². The summed E-state index contributed by atoms with van der Waals surface area (Å²) in [5.41, 5.74) is 0. The largest absolute Gasteiger partial charge is 0.394 e. The zero-order valence-electron chi connectivity index (χ0n) is 13.3. The molecule has 116 valence electrons. The number of ether oxygens (including phenoxy) is 1. The summed E-state index contributed by atoms with van der Waals surface area (Å²) in [4.78, 5) is 13.7. The molecule has 1 amide bonds. The van der Waals surface area contributed by atoms with Gasteiger partial charge in [0.2, 0.25) is 0 Å². The number of carbonyl (C=O) groups excluding carboxylic acids is 1. The zero-order chi connectivity index (χ0) is 15.3. The lowest BCUT2D eigenvalue weighted by molar-refractivity contribution is 0.135. The normalized spacial score (nSPS) is 10.4. The van der Waals surface area contributed by atoms with E-state index in [0.29, 0.717) is 18.4 Å². The number of thioether (sulfide) groups is 1. The van der Waals surface area contributed by atoms with Gasteiger partial charge in [-0.05, 0) is 17.6 Å². The van der Waals surface area contributed by atoms with Crippen LogP contribution < -0.4 is 0 Å². The fraction of sp³-hybridized carbons (Fsp3) is 0.929. The molecule has 0 unspecified atom stereocenters. The fourth-order valence-electron chi connectivity index (χ4n) is 1.41. The standard InChI is InChI=1S/C11H23NOS.C3H8O2/c1-6-14-11(13)12(7-9(2)3)8-10(4)5;1-5-3-2-4/h9-10H,6-8H2,1-5H3;4H,2-3H2,1H3. The van der Waals surface area contributed by atoms with Gasteiger partial charge < -0.3 is 14.7 Å². The summed E-state index contributed by atoms with van der Waals surface area (Å²) in [5, 5.41) is 8.17. The molecule has 0 aliphatic carbocycles. The molecule has 0 bridgehead atoms. The van der Waals surface area contributed by atoms with Crippen LogP contribution in [0.15, 0.2) is 0 Å². The lowest BCUT2D eigenvalue weighted by Crippen LogP contribution is -2.34. The average molecular weight is 293 g/mol. The molecule has 0 fully saturated rings. The molecule has 0 aliphatic rings. The van der Waals surface area contributed by atoms with E-state index in [0.717, 1.165) is 18.8 Å². The van der Waals surface area contributed by atoms with E-state index in [2.05, 4.69) is 32.4 Å². The number of methoxy groups -OCH3 is 1. The highest BCUT2D eigenvalue weighted by Gasteiger charge is 2.15. The Hall–Kier alpha value is -0.260. The first-order valence-electron chi connectivity index (χ1n) is 6.90. The van der Waals surface area contributed by atoms with Crippen molar-refractivity contribution in [2.75, 3.05) is 39.2 Å². The van der Waals surface area contributed by atoms with Gasteiger partial charge in [-0.15, -0.1) is 0 Å². The average Bonchev–Trinajstić information content (AvgIpc) is 2.29. The summed E-state index contributed by atoms with van der Waals surface area (Å²) in [6.07, 6.45) is 0. The quantitative estimate of drug-likeness (QED) is 0.783. The minimum absolute atomic E-state index is 0.122. The highest BCUT2D eigenvalue weighted by atomic mass is 32.2. The molecule has 5 heteroatoms. The van der Waals surface area contributed by atoms with E-state index in [-0.39, 0.29) is 11.8 Å². The molecule has 0 aliphatic heterocycles. The van der Waals surface area contributed by atoms with E-state index in [1.807, 2.05) is 11.8 Å². The third kappa shape index (κ3) is 15.7. The van der Waals surface area contributed by atoms with Crippen LogP contribution >= 0.6 is 11.8 Å². The van der Waals surface area contributed by atoms with Crippen LogP contribution in [0.1, 0.15) is 34.6 Å². The van der Waals surface area contributed by atoms with Crippen molar-refractivity contribution in [3.8, 4) is 0 Å². The first-order chi connectivity index (χ1) is 8.88. The maximum atomic E-state index is 11.7. The number of hydrogen-bond donors (Lipinski definition) is 1. The molecule has 0 radical (unpaired) electrons. The van der Waals surface area contributed by atoms with Gasteiger partial charge in [0, 0.05) is 20.2 Å². The number of aliphatic hydroxyl groups excluding tert-OH is 1. The van der Waals surface area contributed by atoms with Crippen molar-refractivity contribution in [2.45, 2.75) is 34.6 Å². The van der Waals surface area contributed by atoms with Gasteiger partial charge in [0.25, 0.3) is 5.24 Å². The van der Waals surface area contributed by atoms with Crippen molar-refractivity contribution in [3.05, 3.63) is 0 Å². The predicted molar refractivity (Wildman–Crippen MR) is 83.7 cm³/mol. The molecule has 0 aromatic heterocycles. The van der Waals surface area contributed by atoms with Crippen LogP contribution in [0.4, 0.5) is 4.79 Å². The molecule has 0 saturated heterocycles. The summed E-state index contributed by atoms with van der Waals surface area (Å²) in [6.45, 7) is 12.9. The number of amides is 1. The summed E-state index contributed by atoms with van der Waals surface area (Å²) < 4.78 is 4.44. The van der Waals surface area contributed by atoms with Crippen molar-refractivity contribution < 1.29 is 14.6 Å². The molecule has 4 nitrogen and oxygen atoms in total.